The number of benzene rings is 1. The molecule has 1 aromatic heterocycles. The van der Waals surface area contributed by atoms with Crippen molar-refractivity contribution in [2.24, 2.45) is 0 Å². The summed E-state index contributed by atoms with van der Waals surface area (Å²) >= 11 is 0.987. The minimum atomic E-state index is -3.77. The standard InChI is InChI=1S/C14H16N4O3S2/c19-14(15-9-6-7-9)11-4-2-8-18(11)23(20,21)12-5-1-3-10-13(12)17-22-16-10/h1,3,5,9,11H,2,4,6-8H2,(H,15,19). The van der Waals surface area contributed by atoms with Crippen LogP contribution in [0.1, 0.15) is 25.7 Å². The minimum absolute atomic E-state index is 0.134. The molecule has 1 N–H and O–H groups in total. The van der Waals surface area contributed by atoms with Crippen LogP contribution >= 0.6 is 11.7 Å². The van der Waals surface area contributed by atoms with Crippen LogP contribution < -0.4 is 5.32 Å². The molecule has 0 spiro atoms. The largest absolute Gasteiger partial charge is 0.352 e. The highest BCUT2D eigenvalue weighted by Gasteiger charge is 2.41. The number of amides is 1. The van der Waals surface area contributed by atoms with Crippen LogP contribution in [0, 0.1) is 0 Å². The fourth-order valence-corrected chi connectivity index (χ4v) is 5.34. The van der Waals surface area contributed by atoms with E-state index in [0.717, 1.165) is 24.6 Å². The van der Waals surface area contributed by atoms with Gasteiger partial charge in [0.15, 0.2) is 0 Å². The van der Waals surface area contributed by atoms with E-state index in [1.165, 1.54) is 10.4 Å². The van der Waals surface area contributed by atoms with E-state index in [1.54, 1.807) is 12.1 Å². The number of aromatic nitrogens is 2. The lowest BCUT2D eigenvalue weighted by Crippen LogP contribution is -2.46. The molecule has 2 heterocycles. The van der Waals surface area contributed by atoms with Gasteiger partial charge in [-0.25, -0.2) is 8.42 Å². The van der Waals surface area contributed by atoms with Crippen molar-refractivity contribution in [3.8, 4) is 0 Å². The fourth-order valence-electron chi connectivity index (χ4n) is 2.93. The van der Waals surface area contributed by atoms with E-state index in [0.29, 0.717) is 30.4 Å². The summed E-state index contributed by atoms with van der Waals surface area (Å²) in [6, 6.07) is 4.53. The lowest BCUT2D eigenvalue weighted by Gasteiger charge is -2.23. The fraction of sp³-hybridized carbons (Fsp3) is 0.500. The molecule has 0 radical (unpaired) electrons. The summed E-state index contributed by atoms with van der Waals surface area (Å²) in [5, 5.41) is 2.91. The Balaban J connectivity index is 1.69. The summed E-state index contributed by atoms with van der Waals surface area (Å²) in [5.41, 5.74) is 0.944. The van der Waals surface area contributed by atoms with Gasteiger partial charge in [0.2, 0.25) is 15.9 Å². The number of rotatable bonds is 4. The first-order valence-corrected chi connectivity index (χ1v) is 9.78. The van der Waals surface area contributed by atoms with E-state index in [-0.39, 0.29) is 16.8 Å². The highest BCUT2D eigenvalue weighted by Crippen LogP contribution is 2.30. The van der Waals surface area contributed by atoms with Gasteiger partial charge < -0.3 is 5.32 Å². The van der Waals surface area contributed by atoms with Crippen LogP contribution in [0.25, 0.3) is 11.0 Å². The van der Waals surface area contributed by atoms with Crippen molar-refractivity contribution in [2.45, 2.75) is 42.7 Å². The first-order chi connectivity index (χ1) is 11.1. The second-order valence-electron chi connectivity index (χ2n) is 5.94. The van der Waals surface area contributed by atoms with E-state index < -0.39 is 16.1 Å². The number of nitrogens with one attached hydrogen (secondary N) is 1. The Hall–Kier alpha value is -1.58. The van der Waals surface area contributed by atoms with Crippen LogP contribution in [-0.2, 0) is 14.8 Å². The van der Waals surface area contributed by atoms with Crippen LogP contribution in [0.5, 0.6) is 0 Å². The molecule has 1 aromatic carbocycles. The number of sulfonamides is 1. The summed E-state index contributed by atoms with van der Waals surface area (Å²) in [5.74, 6) is -0.183. The number of hydrogen-bond donors (Lipinski definition) is 1. The highest BCUT2D eigenvalue weighted by atomic mass is 32.2. The van der Waals surface area contributed by atoms with E-state index in [4.69, 9.17) is 0 Å². The molecule has 1 atom stereocenters. The summed E-state index contributed by atoms with van der Waals surface area (Å²) in [7, 11) is -3.77. The van der Waals surface area contributed by atoms with E-state index in [2.05, 4.69) is 14.1 Å². The van der Waals surface area contributed by atoms with Gasteiger partial charge in [0.1, 0.15) is 22.0 Å². The third-order valence-electron chi connectivity index (χ3n) is 4.27. The molecule has 7 nitrogen and oxygen atoms in total. The molecule has 23 heavy (non-hydrogen) atoms. The van der Waals surface area contributed by atoms with Crippen molar-refractivity contribution in [3.05, 3.63) is 18.2 Å². The lowest BCUT2D eigenvalue weighted by molar-refractivity contribution is -0.124. The average molecular weight is 352 g/mol. The Morgan fingerprint density at radius 3 is 2.87 bits per heavy atom. The summed E-state index contributed by atoms with van der Waals surface area (Å²) in [4.78, 5) is 12.5. The zero-order chi connectivity index (χ0) is 16.0. The topological polar surface area (TPSA) is 92.3 Å². The van der Waals surface area contributed by atoms with Gasteiger partial charge in [0.05, 0.1) is 11.7 Å². The number of fused-ring (bicyclic) bond motifs is 1. The lowest BCUT2D eigenvalue weighted by atomic mass is 10.2. The highest BCUT2D eigenvalue weighted by molar-refractivity contribution is 7.89. The Bertz CT molecular complexity index is 860. The smallest absolute Gasteiger partial charge is 0.246 e. The molecule has 4 rings (SSSR count). The van der Waals surface area contributed by atoms with Gasteiger partial charge in [-0.3, -0.25) is 4.79 Å². The number of hydrogen-bond acceptors (Lipinski definition) is 6. The molecule has 1 saturated heterocycles. The molecule has 1 saturated carbocycles. The summed E-state index contributed by atoms with van der Waals surface area (Å²) in [6.07, 6.45) is 3.21. The first kappa shape index (κ1) is 15.0. The SMILES string of the molecule is O=C(NC1CC1)C1CCCN1S(=O)(=O)c1cccc2nsnc12. The van der Waals surface area contributed by atoms with Gasteiger partial charge in [-0.1, -0.05) is 6.07 Å². The monoisotopic (exact) mass is 352 g/mol. The maximum Gasteiger partial charge on any atom is 0.246 e. The molecular weight excluding hydrogens is 336 g/mol. The van der Waals surface area contributed by atoms with Crippen LogP contribution in [0.3, 0.4) is 0 Å². The third kappa shape index (κ3) is 2.62. The number of carbonyl (C=O) groups is 1. The Kier molecular flexibility index (Phi) is 3.58. The Morgan fingerprint density at radius 2 is 2.09 bits per heavy atom. The predicted octanol–water partition coefficient (Wildman–Crippen LogP) is 1.12. The maximum absolute atomic E-state index is 13.0. The van der Waals surface area contributed by atoms with Gasteiger partial charge in [-0.05, 0) is 37.8 Å². The van der Waals surface area contributed by atoms with Crippen LogP contribution in [-0.4, -0.2) is 46.0 Å². The van der Waals surface area contributed by atoms with Gasteiger partial charge >= 0.3 is 0 Å². The van der Waals surface area contributed by atoms with Crippen molar-refractivity contribution in [2.75, 3.05) is 6.54 Å². The van der Waals surface area contributed by atoms with Gasteiger partial charge in [0.25, 0.3) is 0 Å². The molecule has 2 aliphatic rings. The Morgan fingerprint density at radius 1 is 1.26 bits per heavy atom. The van der Waals surface area contributed by atoms with E-state index >= 15 is 0 Å². The summed E-state index contributed by atoms with van der Waals surface area (Å²) in [6.45, 7) is 0.360. The maximum atomic E-state index is 13.0. The van der Waals surface area contributed by atoms with Gasteiger partial charge in [0, 0.05) is 12.6 Å². The first-order valence-electron chi connectivity index (χ1n) is 7.61. The van der Waals surface area contributed by atoms with E-state index in [9.17, 15) is 13.2 Å². The molecule has 1 amide bonds. The number of carbonyl (C=O) groups excluding carboxylic acids is 1. The third-order valence-corrected chi connectivity index (χ3v) is 6.75. The second-order valence-corrected chi connectivity index (χ2v) is 8.33. The normalized spacial score (nSPS) is 22.5. The molecule has 1 unspecified atom stereocenters. The zero-order valence-electron chi connectivity index (χ0n) is 12.3. The quantitative estimate of drug-likeness (QED) is 0.890. The molecular formula is C14H16N4O3S2. The molecule has 9 heteroatoms. The molecule has 2 aromatic rings. The minimum Gasteiger partial charge on any atom is -0.352 e. The van der Waals surface area contributed by atoms with Crippen LogP contribution in [0.15, 0.2) is 23.1 Å². The molecule has 122 valence electrons. The van der Waals surface area contributed by atoms with Crippen LogP contribution in [0.4, 0.5) is 0 Å². The van der Waals surface area contributed by atoms with Crippen molar-refractivity contribution in [1.82, 2.24) is 18.4 Å². The molecule has 0 bridgehead atoms. The van der Waals surface area contributed by atoms with E-state index in [1.807, 2.05) is 0 Å². The van der Waals surface area contributed by atoms with Crippen molar-refractivity contribution in [3.63, 3.8) is 0 Å². The average Bonchev–Trinajstić information content (AvgIpc) is 3.06. The summed E-state index contributed by atoms with van der Waals surface area (Å²) < 4.78 is 35.6. The zero-order valence-corrected chi connectivity index (χ0v) is 13.9. The Labute approximate surface area is 138 Å². The van der Waals surface area contributed by atoms with Gasteiger partial charge in [-0.15, -0.1) is 0 Å². The molecule has 1 aliphatic carbocycles. The predicted molar refractivity (Wildman–Crippen MR) is 85.5 cm³/mol. The molecule has 1 aliphatic heterocycles. The van der Waals surface area contributed by atoms with Gasteiger partial charge in [-0.2, -0.15) is 13.1 Å². The van der Waals surface area contributed by atoms with Crippen LogP contribution in [0.2, 0.25) is 0 Å². The van der Waals surface area contributed by atoms with Crippen molar-refractivity contribution >= 4 is 38.7 Å². The molecule has 2 fully saturated rings. The number of nitrogens with zero attached hydrogens (tertiary/aromatic N) is 3. The van der Waals surface area contributed by atoms with Crippen molar-refractivity contribution in [1.29, 1.82) is 0 Å². The van der Waals surface area contributed by atoms with Crippen molar-refractivity contribution < 1.29 is 13.2 Å². The second kappa shape index (κ2) is 5.50.